The summed E-state index contributed by atoms with van der Waals surface area (Å²) in [6, 6.07) is 14.0. The molecule has 1 heterocycles. The number of para-hydroxylation sites is 1. The van der Waals surface area contributed by atoms with Gasteiger partial charge in [-0.3, -0.25) is 9.89 Å². The van der Waals surface area contributed by atoms with Crippen molar-refractivity contribution >= 4 is 0 Å². The molecule has 0 bridgehead atoms. The maximum absolute atomic E-state index is 13.4. The van der Waals surface area contributed by atoms with E-state index in [1.165, 1.54) is 31.4 Å². The standard InChI is InChI=1S/C17H13F3N2O2/c1-24-13-9-7-11(8-10-13)14-15(17(18,19)20)21-22(16(14)23)12-5-3-2-4-6-12/h2-10,21H,1H3. The second-order valence-corrected chi connectivity index (χ2v) is 5.06. The first kappa shape index (κ1) is 15.9. The van der Waals surface area contributed by atoms with E-state index in [0.29, 0.717) is 11.4 Å². The summed E-state index contributed by atoms with van der Waals surface area (Å²) in [4.78, 5) is 12.6. The number of nitrogens with one attached hydrogen (secondary N) is 1. The van der Waals surface area contributed by atoms with Gasteiger partial charge in [-0.1, -0.05) is 30.3 Å². The molecule has 24 heavy (non-hydrogen) atoms. The van der Waals surface area contributed by atoms with E-state index in [0.717, 1.165) is 4.68 Å². The first-order valence-electron chi connectivity index (χ1n) is 7.04. The number of aromatic nitrogens is 2. The van der Waals surface area contributed by atoms with E-state index in [1.54, 1.807) is 30.3 Å². The molecule has 0 radical (unpaired) electrons. The third-order valence-electron chi connectivity index (χ3n) is 3.57. The van der Waals surface area contributed by atoms with Crippen LogP contribution in [-0.2, 0) is 6.18 Å². The first-order chi connectivity index (χ1) is 11.4. The lowest BCUT2D eigenvalue weighted by atomic mass is 10.1. The van der Waals surface area contributed by atoms with Gasteiger partial charge in [0.1, 0.15) is 11.4 Å². The number of ether oxygens (including phenoxy) is 1. The van der Waals surface area contributed by atoms with E-state index in [2.05, 4.69) is 5.10 Å². The summed E-state index contributed by atoms with van der Waals surface area (Å²) in [6.45, 7) is 0. The number of alkyl halides is 3. The van der Waals surface area contributed by atoms with Crippen molar-refractivity contribution in [2.24, 2.45) is 0 Å². The Balaban J connectivity index is 2.24. The molecule has 0 unspecified atom stereocenters. The van der Waals surface area contributed by atoms with Crippen LogP contribution in [0.5, 0.6) is 5.75 Å². The van der Waals surface area contributed by atoms with E-state index in [4.69, 9.17) is 4.74 Å². The van der Waals surface area contributed by atoms with Gasteiger partial charge in [0, 0.05) is 0 Å². The maximum Gasteiger partial charge on any atom is 0.433 e. The number of methoxy groups -OCH3 is 1. The van der Waals surface area contributed by atoms with Gasteiger partial charge in [-0.15, -0.1) is 0 Å². The van der Waals surface area contributed by atoms with Gasteiger partial charge in [0.25, 0.3) is 5.56 Å². The van der Waals surface area contributed by atoms with Crippen LogP contribution in [0.3, 0.4) is 0 Å². The molecule has 4 nitrogen and oxygen atoms in total. The topological polar surface area (TPSA) is 47.0 Å². The number of aromatic amines is 1. The molecule has 0 aliphatic carbocycles. The largest absolute Gasteiger partial charge is 0.497 e. The molecule has 0 fully saturated rings. The molecule has 3 aromatic rings. The fourth-order valence-electron chi connectivity index (χ4n) is 2.43. The van der Waals surface area contributed by atoms with Crippen LogP contribution in [0.25, 0.3) is 16.8 Å². The fraction of sp³-hybridized carbons (Fsp3) is 0.118. The van der Waals surface area contributed by atoms with Crippen molar-refractivity contribution < 1.29 is 17.9 Å². The molecule has 0 atom stereocenters. The van der Waals surface area contributed by atoms with Gasteiger partial charge in [0.2, 0.25) is 0 Å². The Kier molecular flexibility index (Phi) is 3.92. The van der Waals surface area contributed by atoms with Gasteiger partial charge in [-0.25, -0.2) is 4.68 Å². The minimum absolute atomic E-state index is 0.166. The smallest absolute Gasteiger partial charge is 0.433 e. The summed E-state index contributed by atoms with van der Waals surface area (Å²) >= 11 is 0. The van der Waals surface area contributed by atoms with Crippen LogP contribution in [0, 0.1) is 0 Å². The maximum atomic E-state index is 13.4. The van der Waals surface area contributed by atoms with E-state index in [1.807, 2.05) is 0 Å². The second-order valence-electron chi connectivity index (χ2n) is 5.06. The molecule has 0 aliphatic heterocycles. The average Bonchev–Trinajstić information content (AvgIpc) is 2.93. The predicted molar refractivity (Wildman–Crippen MR) is 83.4 cm³/mol. The van der Waals surface area contributed by atoms with Gasteiger partial charge < -0.3 is 4.74 Å². The molecule has 1 aromatic heterocycles. The van der Waals surface area contributed by atoms with Gasteiger partial charge >= 0.3 is 6.18 Å². The number of hydrogen-bond acceptors (Lipinski definition) is 2. The molecular formula is C17H13F3N2O2. The van der Waals surface area contributed by atoms with Crippen molar-refractivity contribution in [1.29, 1.82) is 0 Å². The zero-order chi connectivity index (χ0) is 17.3. The van der Waals surface area contributed by atoms with E-state index in [9.17, 15) is 18.0 Å². The van der Waals surface area contributed by atoms with Crippen molar-refractivity contribution in [3.05, 3.63) is 70.6 Å². The highest BCUT2D eigenvalue weighted by molar-refractivity contribution is 5.67. The van der Waals surface area contributed by atoms with Crippen molar-refractivity contribution in [2.45, 2.75) is 6.18 Å². The zero-order valence-electron chi connectivity index (χ0n) is 12.6. The predicted octanol–water partition coefficient (Wildman–Crippen LogP) is 3.86. The van der Waals surface area contributed by atoms with Crippen molar-refractivity contribution in [3.8, 4) is 22.6 Å². The Morgan fingerprint density at radius 2 is 1.62 bits per heavy atom. The van der Waals surface area contributed by atoms with Crippen LogP contribution in [0.1, 0.15) is 5.69 Å². The zero-order valence-corrected chi connectivity index (χ0v) is 12.6. The minimum Gasteiger partial charge on any atom is -0.497 e. The summed E-state index contributed by atoms with van der Waals surface area (Å²) in [6.07, 6.45) is -4.69. The first-order valence-corrected chi connectivity index (χ1v) is 7.04. The molecule has 2 aromatic carbocycles. The Labute approximate surface area is 135 Å². The lowest BCUT2D eigenvalue weighted by molar-refractivity contribution is -0.140. The number of hydrogen-bond donors (Lipinski definition) is 1. The van der Waals surface area contributed by atoms with Crippen molar-refractivity contribution in [2.75, 3.05) is 7.11 Å². The molecule has 0 spiro atoms. The van der Waals surface area contributed by atoms with E-state index < -0.39 is 23.0 Å². The number of halogens is 3. The van der Waals surface area contributed by atoms with Gasteiger partial charge in [0.05, 0.1) is 18.4 Å². The molecular weight excluding hydrogens is 321 g/mol. The number of rotatable bonds is 3. The molecule has 124 valence electrons. The van der Waals surface area contributed by atoms with Gasteiger partial charge in [-0.05, 0) is 29.8 Å². The third-order valence-corrected chi connectivity index (χ3v) is 3.57. The van der Waals surface area contributed by atoms with Crippen LogP contribution < -0.4 is 10.3 Å². The molecule has 0 saturated carbocycles. The summed E-state index contributed by atoms with van der Waals surface area (Å²) in [7, 11) is 1.45. The Morgan fingerprint density at radius 3 is 2.17 bits per heavy atom. The van der Waals surface area contributed by atoms with Crippen LogP contribution >= 0.6 is 0 Å². The molecule has 0 saturated heterocycles. The van der Waals surface area contributed by atoms with E-state index >= 15 is 0 Å². The van der Waals surface area contributed by atoms with Crippen molar-refractivity contribution in [3.63, 3.8) is 0 Å². The van der Waals surface area contributed by atoms with E-state index in [-0.39, 0.29) is 5.56 Å². The van der Waals surface area contributed by atoms with Crippen LogP contribution in [0.15, 0.2) is 59.4 Å². The number of H-pyrrole nitrogens is 1. The summed E-state index contributed by atoms with van der Waals surface area (Å²) in [5.74, 6) is 0.492. The highest BCUT2D eigenvalue weighted by Gasteiger charge is 2.38. The number of benzene rings is 2. The highest BCUT2D eigenvalue weighted by Crippen LogP contribution is 2.34. The van der Waals surface area contributed by atoms with Crippen molar-refractivity contribution in [1.82, 2.24) is 9.78 Å². The summed E-state index contributed by atoms with van der Waals surface area (Å²) < 4.78 is 46.0. The van der Waals surface area contributed by atoms with Gasteiger partial charge in [0.15, 0.2) is 0 Å². The summed E-state index contributed by atoms with van der Waals surface area (Å²) in [5.41, 5.74) is -1.78. The minimum atomic E-state index is -4.69. The van der Waals surface area contributed by atoms with Crippen LogP contribution in [-0.4, -0.2) is 16.9 Å². The second kappa shape index (κ2) is 5.92. The molecule has 3 rings (SSSR count). The fourth-order valence-corrected chi connectivity index (χ4v) is 2.43. The Hall–Kier alpha value is -2.96. The SMILES string of the molecule is COc1ccc(-c2c(C(F)(F)F)[nH]n(-c3ccccc3)c2=O)cc1. The van der Waals surface area contributed by atoms with Crippen LogP contribution in [0.4, 0.5) is 13.2 Å². The molecule has 7 heteroatoms. The summed E-state index contributed by atoms with van der Waals surface area (Å²) in [5, 5.41) is 2.18. The lowest BCUT2D eigenvalue weighted by Crippen LogP contribution is -2.15. The lowest BCUT2D eigenvalue weighted by Gasteiger charge is -2.07. The Morgan fingerprint density at radius 1 is 1.00 bits per heavy atom. The third kappa shape index (κ3) is 2.80. The van der Waals surface area contributed by atoms with Crippen LogP contribution in [0.2, 0.25) is 0 Å². The average molecular weight is 334 g/mol. The highest BCUT2D eigenvalue weighted by atomic mass is 19.4. The molecule has 0 amide bonds. The normalized spacial score (nSPS) is 11.5. The van der Waals surface area contributed by atoms with Gasteiger partial charge in [-0.2, -0.15) is 13.2 Å². The molecule has 1 N–H and O–H groups in total. The quantitative estimate of drug-likeness (QED) is 0.791. The monoisotopic (exact) mass is 334 g/mol. The molecule has 0 aliphatic rings. The Bertz CT molecular complexity index is 894. The number of nitrogens with zero attached hydrogens (tertiary/aromatic N) is 1.